The van der Waals surface area contributed by atoms with Gasteiger partial charge in [-0.1, -0.05) is 159 Å². The summed E-state index contributed by atoms with van der Waals surface area (Å²) in [6, 6.07) is 56.7. The van der Waals surface area contributed by atoms with Crippen LogP contribution in [0.2, 0.25) is 0 Å². The van der Waals surface area contributed by atoms with Gasteiger partial charge in [0.15, 0.2) is 5.84 Å². The van der Waals surface area contributed by atoms with E-state index in [1.54, 1.807) is 0 Å². The smallest absolute Gasteiger partial charge is 0.158 e. The summed E-state index contributed by atoms with van der Waals surface area (Å²) >= 11 is 0. The van der Waals surface area contributed by atoms with Crippen molar-refractivity contribution in [3.63, 3.8) is 0 Å². The van der Waals surface area contributed by atoms with Crippen molar-refractivity contribution in [1.82, 2.24) is 0 Å². The van der Waals surface area contributed by atoms with Gasteiger partial charge in [-0.25, -0.2) is 4.99 Å². The molecule has 51 heavy (non-hydrogen) atoms. The van der Waals surface area contributed by atoms with E-state index < -0.39 is 0 Å². The van der Waals surface area contributed by atoms with Crippen LogP contribution in [0.5, 0.6) is 0 Å². The zero-order chi connectivity index (χ0) is 35.0. The molecule has 0 aliphatic heterocycles. The van der Waals surface area contributed by atoms with Crippen molar-refractivity contribution in [1.29, 1.82) is 5.26 Å². The van der Waals surface area contributed by atoms with Gasteiger partial charge in [-0.2, -0.15) is 5.26 Å². The predicted octanol–water partition coefficient (Wildman–Crippen LogP) is 10.7. The molecule has 0 amide bonds. The van der Waals surface area contributed by atoms with E-state index in [0.29, 0.717) is 18.2 Å². The largest absolute Gasteiger partial charge is 0.383 e. The average molecular weight is 657 g/mol. The van der Waals surface area contributed by atoms with Crippen LogP contribution in [0.3, 0.4) is 0 Å². The van der Waals surface area contributed by atoms with Crippen molar-refractivity contribution >= 4 is 22.4 Å². The minimum absolute atomic E-state index is 0.273. The fourth-order valence-electron chi connectivity index (χ4n) is 7.46. The molecule has 0 aromatic heterocycles. The first-order valence-electron chi connectivity index (χ1n) is 17.2. The molecule has 0 unspecified atom stereocenters. The molecule has 0 saturated carbocycles. The van der Waals surface area contributed by atoms with E-state index in [9.17, 15) is 5.26 Å². The SMILES string of the molecule is CC1(C)c2cc(-c3ccc(-c4ccc5ccccc5c4C(N=C(N)c4ccccc4)=NCc4ccccc4)cc3)ccc2-c2cccc(C#N)c21. The lowest BCUT2D eigenvalue weighted by Gasteiger charge is -2.23. The van der Waals surface area contributed by atoms with Crippen molar-refractivity contribution in [2.75, 3.05) is 0 Å². The first-order valence-corrected chi connectivity index (χ1v) is 17.2. The lowest BCUT2D eigenvalue weighted by Crippen LogP contribution is -2.17. The van der Waals surface area contributed by atoms with Crippen molar-refractivity contribution in [3.8, 4) is 39.4 Å². The number of rotatable bonds is 6. The van der Waals surface area contributed by atoms with Crippen molar-refractivity contribution in [2.24, 2.45) is 15.7 Å². The number of hydrogen-bond acceptors (Lipinski definition) is 2. The Morgan fingerprint density at radius 1 is 0.647 bits per heavy atom. The molecule has 4 nitrogen and oxygen atoms in total. The topological polar surface area (TPSA) is 74.5 Å². The van der Waals surface area contributed by atoms with E-state index in [0.717, 1.165) is 66.4 Å². The Morgan fingerprint density at radius 3 is 2.08 bits per heavy atom. The first-order chi connectivity index (χ1) is 24.9. The van der Waals surface area contributed by atoms with Gasteiger partial charge in [-0.05, 0) is 73.0 Å². The van der Waals surface area contributed by atoms with Gasteiger partial charge in [-0.15, -0.1) is 0 Å². The summed E-state index contributed by atoms with van der Waals surface area (Å²) in [6.45, 7) is 4.91. The summed E-state index contributed by atoms with van der Waals surface area (Å²) in [4.78, 5) is 10.2. The molecule has 244 valence electrons. The number of amidine groups is 2. The van der Waals surface area contributed by atoms with Crippen molar-refractivity contribution < 1.29 is 0 Å². The van der Waals surface area contributed by atoms with Crippen LogP contribution >= 0.6 is 0 Å². The summed E-state index contributed by atoms with van der Waals surface area (Å²) in [5, 5.41) is 12.1. The summed E-state index contributed by atoms with van der Waals surface area (Å²) in [7, 11) is 0. The molecular formula is C47H36N4. The molecule has 2 N–H and O–H groups in total. The van der Waals surface area contributed by atoms with Crippen LogP contribution in [0.15, 0.2) is 168 Å². The number of nitrogens with two attached hydrogens (primary N) is 1. The number of aliphatic imine (C=N–C) groups is 2. The van der Waals surface area contributed by atoms with Gasteiger partial charge in [0, 0.05) is 16.5 Å². The lowest BCUT2D eigenvalue weighted by atomic mass is 9.79. The molecule has 0 bridgehead atoms. The quantitative estimate of drug-likeness (QED) is 0.143. The van der Waals surface area contributed by atoms with Gasteiger partial charge in [0.1, 0.15) is 5.84 Å². The van der Waals surface area contributed by atoms with Gasteiger partial charge in [0.25, 0.3) is 0 Å². The predicted molar refractivity (Wildman–Crippen MR) is 211 cm³/mol. The molecule has 1 aliphatic rings. The Balaban J connectivity index is 1.23. The van der Waals surface area contributed by atoms with Gasteiger partial charge in [0.05, 0.1) is 18.2 Å². The van der Waals surface area contributed by atoms with E-state index in [2.05, 4.69) is 117 Å². The molecule has 1 aliphatic carbocycles. The summed E-state index contributed by atoms with van der Waals surface area (Å²) in [5.41, 5.74) is 19.1. The molecular weight excluding hydrogens is 621 g/mol. The van der Waals surface area contributed by atoms with Crippen LogP contribution < -0.4 is 5.73 Å². The fraction of sp³-hybridized carbons (Fsp3) is 0.0851. The third-order valence-electron chi connectivity index (χ3n) is 10.0. The second kappa shape index (κ2) is 13.0. The molecule has 7 aromatic carbocycles. The number of nitriles is 1. The first kappa shape index (κ1) is 31.7. The monoisotopic (exact) mass is 656 g/mol. The second-order valence-electron chi connectivity index (χ2n) is 13.5. The molecule has 8 rings (SSSR count). The Morgan fingerprint density at radius 2 is 1.31 bits per heavy atom. The normalized spacial score (nSPS) is 13.4. The van der Waals surface area contributed by atoms with E-state index in [-0.39, 0.29) is 5.41 Å². The van der Waals surface area contributed by atoms with Gasteiger partial charge >= 0.3 is 0 Å². The molecule has 4 heteroatoms. The van der Waals surface area contributed by atoms with Crippen LogP contribution in [0, 0.1) is 11.3 Å². The Kier molecular flexibility index (Phi) is 8.10. The van der Waals surface area contributed by atoms with Crippen molar-refractivity contribution in [3.05, 3.63) is 191 Å². The van der Waals surface area contributed by atoms with Crippen LogP contribution in [0.25, 0.3) is 44.2 Å². The minimum Gasteiger partial charge on any atom is -0.383 e. The Hall–Kier alpha value is -6.57. The fourth-order valence-corrected chi connectivity index (χ4v) is 7.46. The summed E-state index contributed by atoms with van der Waals surface area (Å²) < 4.78 is 0. The third kappa shape index (κ3) is 5.79. The highest BCUT2D eigenvalue weighted by atomic mass is 15.0. The van der Waals surface area contributed by atoms with Gasteiger partial charge in [-0.3, -0.25) is 4.99 Å². The molecule has 0 spiro atoms. The Labute approximate surface area is 298 Å². The van der Waals surface area contributed by atoms with Gasteiger partial charge < -0.3 is 5.73 Å². The van der Waals surface area contributed by atoms with Gasteiger partial charge in [0.2, 0.25) is 0 Å². The van der Waals surface area contributed by atoms with Crippen LogP contribution in [0.4, 0.5) is 0 Å². The number of nitrogens with zero attached hydrogens (tertiary/aromatic N) is 3. The summed E-state index contributed by atoms with van der Waals surface area (Å²) in [6.07, 6.45) is 0. The zero-order valence-electron chi connectivity index (χ0n) is 28.6. The number of fused-ring (bicyclic) bond motifs is 4. The maximum atomic E-state index is 9.88. The standard InChI is InChI=1S/C47H36N4/c1-47(2)42-28-36(25-27-40(42)41-19-11-17-37(29-48)44(41)47)32-20-22-34(23-21-32)39-26-24-33-14-9-10-18-38(33)43(39)46(50-30-31-12-5-3-6-13-31)51-45(49)35-15-7-4-8-16-35/h3-28H,30H2,1-2H3,(H2,49,50,51). The van der Waals surface area contributed by atoms with Crippen LogP contribution in [-0.4, -0.2) is 11.7 Å². The van der Waals surface area contributed by atoms with E-state index >= 15 is 0 Å². The highest BCUT2D eigenvalue weighted by Crippen LogP contribution is 2.51. The highest BCUT2D eigenvalue weighted by molar-refractivity contribution is 6.19. The Bertz CT molecular complexity index is 2520. The number of hydrogen-bond donors (Lipinski definition) is 1. The van der Waals surface area contributed by atoms with E-state index in [1.807, 2.05) is 60.7 Å². The molecule has 0 heterocycles. The lowest BCUT2D eigenvalue weighted by molar-refractivity contribution is 0.658. The summed E-state index contributed by atoms with van der Waals surface area (Å²) in [5.74, 6) is 1.01. The van der Waals surface area contributed by atoms with E-state index in [4.69, 9.17) is 15.7 Å². The molecule has 7 aromatic rings. The third-order valence-corrected chi connectivity index (χ3v) is 10.0. The molecule has 0 atom stereocenters. The van der Waals surface area contributed by atoms with Crippen LogP contribution in [-0.2, 0) is 12.0 Å². The number of benzene rings is 7. The van der Waals surface area contributed by atoms with Crippen molar-refractivity contribution in [2.45, 2.75) is 25.8 Å². The molecule has 0 radical (unpaired) electrons. The zero-order valence-corrected chi connectivity index (χ0v) is 28.6. The minimum atomic E-state index is -0.273. The molecule has 0 saturated heterocycles. The maximum Gasteiger partial charge on any atom is 0.158 e. The second-order valence-corrected chi connectivity index (χ2v) is 13.5. The average Bonchev–Trinajstić information content (AvgIpc) is 3.42. The highest BCUT2D eigenvalue weighted by Gasteiger charge is 2.37. The molecule has 0 fully saturated rings. The maximum absolute atomic E-state index is 9.88. The van der Waals surface area contributed by atoms with E-state index in [1.165, 1.54) is 11.1 Å². The van der Waals surface area contributed by atoms with Crippen LogP contribution in [0.1, 0.15) is 47.2 Å².